The Balaban J connectivity index is 2.50. The Hall–Kier alpha value is -1.29. The minimum absolute atomic E-state index is 0.118. The van der Waals surface area contributed by atoms with Crippen LogP contribution in [0, 0.1) is 12.3 Å². The minimum Gasteiger partial charge on any atom is -0.396 e. The van der Waals surface area contributed by atoms with Crippen molar-refractivity contribution in [1.29, 1.82) is 0 Å². The van der Waals surface area contributed by atoms with Gasteiger partial charge < -0.3 is 16.2 Å². The normalized spacial score (nSPS) is 13.5. The second-order valence-electron chi connectivity index (χ2n) is 5.75. The minimum atomic E-state index is -0.391. The third-order valence-electron chi connectivity index (χ3n) is 2.41. The van der Waals surface area contributed by atoms with Gasteiger partial charge in [0.2, 0.25) is 0 Å². The molecule has 0 bridgehead atoms. The van der Waals surface area contributed by atoms with Crippen LogP contribution in [0.1, 0.15) is 32.8 Å². The van der Waals surface area contributed by atoms with Crippen LogP contribution in [0.15, 0.2) is 12.3 Å². The molecule has 0 radical (unpaired) electrons. The summed E-state index contributed by atoms with van der Waals surface area (Å²) < 4.78 is 0. The van der Waals surface area contributed by atoms with Crippen molar-refractivity contribution in [1.82, 2.24) is 4.98 Å². The highest BCUT2D eigenvalue weighted by Crippen LogP contribution is 2.21. The second-order valence-corrected chi connectivity index (χ2v) is 5.75. The van der Waals surface area contributed by atoms with Gasteiger partial charge in [0.25, 0.3) is 0 Å². The van der Waals surface area contributed by atoms with Gasteiger partial charge in [-0.15, -0.1) is 0 Å². The van der Waals surface area contributed by atoms with Crippen LogP contribution in [0.25, 0.3) is 0 Å². The molecule has 0 saturated carbocycles. The van der Waals surface area contributed by atoms with E-state index in [0.717, 1.165) is 12.0 Å². The maximum absolute atomic E-state index is 9.86. The van der Waals surface area contributed by atoms with Crippen molar-refractivity contribution in [3.05, 3.63) is 17.8 Å². The first kappa shape index (κ1) is 13.8. The Kier molecular flexibility index (Phi) is 4.34. The van der Waals surface area contributed by atoms with E-state index in [9.17, 15) is 5.11 Å². The van der Waals surface area contributed by atoms with E-state index in [1.807, 2.05) is 13.0 Å². The van der Waals surface area contributed by atoms with E-state index in [-0.39, 0.29) is 5.41 Å². The standard InChI is InChI=1S/C13H23N3O/c1-9-5-11(14)12(15-7-9)16-8-10(17)6-13(2,3)4/h5,7,10,17H,6,8,14H2,1-4H3,(H,15,16). The molecule has 0 aliphatic rings. The number of aryl methyl sites for hydroxylation is 1. The number of hydrogen-bond acceptors (Lipinski definition) is 4. The summed E-state index contributed by atoms with van der Waals surface area (Å²) in [5.74, 6) is 0.642. The fourth-order valence-electron chi connectivity index (χ4n) is 1.73. The van der Waals surface area contributed by atoms with Gasteiger partial charge in [-0.3, -0.25) is 0 Å². The SMILES string of the molecule is Cc1cnc(NCC(O)CC(C)(C)C)c(N)c1. The predicted octanol–water partition coefficient (Wildman–Crippen LogP) is 2.18. The van der Waals surface area contributed by atoms with Crippen molar-refractivity contribution in [2.24, 2.45) is 5.41 Å². The zero-order valence-electron chi connectivity index (χ0n) is 11.1. The van der Waals surface area contributed by atoms with Crippen molar-refractivity contribution in [2.75, 3.05) is 17.6 Å². The number of pyridine rings is 1. The molecule has 1 aromatic rings. The molecule has 1 rings (SSSR count). The summed E-state index contributed by atoms with van der Waals surface area (Å²) in [6, 6.07) is 1.87. The van der Waals surface area contributed by atoms with Gasteiger partial charge in [-0.2, -0.15) is 0 Å². The maximum Gasteiger partial charge on any atom is 0.149 e. The molecule has 0 aliphatic heterocycles. The van der Waals surface area contributed by atoms with Crippen molar-refractivity contribution in [3.8, 4) is 0 Å². The monoisotopic (exact) mass is 237 g/mol. The van der Waals surface area contributed by atoms with Gasteiger partial charge in [0, 0.05) is 12.7 Å². The topological polar surface area (TPSA) is 71.2 Å². The molecule has 1 atom stereocenters. The number of nitrogen functional groups attached to an aromatic ring is 1. The van der Waals surface area contributed by atoms with E-state index in [1.54, 1.807) is 6.20 Å². The molecular weight excluding hydrogens is 214 g/mol. The Morgan fingerprint density at radius 3 is 2.65 bits per heavy atom. The lowest BCUT2D eigenvalue weighted by Gasteiger charge is -2.22. The Morgan fingerprint density at radius 1 is 1.47 bits per heavy atom. The van der Waals surface area contributed by atoms with Crippen LogP contribution in [-0.4, -0.2) is 22.7 Å². The first-order valence-corrected chi connectivity index (χ1v) is 5.92. The largest absolute Gasteiger partial charge is 0.396 e. The van der Waals surface area contributed by atoms with Crippen LogP contribution >= 0.6 is 0 Å². The summed E-state index contributed by atoms with van der Waals surface area (Å²) in [5.41, 5.74) is 7.60. The van der Waals surface area contributed by atoms with Crippen LogP contribution in [0.3, 0.4) is 0 Å². The van der Waals surface area contributed by atoms with Crippen molar-refractivity contribution in [2.45, 2.75) is 40.2 Å². The maximum atomic E-state index is 9.86. The molecule has 17 heavy (non-hydrogen) atoms. The van der Waals surface area contributed by atoms with E-state index in [1.165, 1.54) is 0 Å². The Labute approximate surface area is 103 Å². The lowest BCUT2D eigenvalue weighted by atomic mass is 9.89. The van der Waals surface area contributed by atoms with Crippen LogP contribution in [-0.2, 0) is 0 Å². The molecule has 1 unspecified atom stereocenters. The highest BCUT2D eigenvalue weighted by atomic mass is 16.3. The highest BCUT2D eigenvalue weighted by Gasteiger charge is 2.16. The molecule has 0 saturated heterocycles. The molecule has 4 heteroatoms. The summed E-state index contributed by atoms with van der Waals surface area (Å²) in [6.07, 6.45) is 2.11. The van der Waals surface area contributed by atoms with Gasteiger partial charge in [0.15, 0.2) is 0 Å². The van der Waals surface area contributed by atoms with E-state index >= 15 is 0 Å². The smallest absolute Gasteiger partial charge is 0.149 e. The van der Waals surface area contributed by atoms with E-state index < -0.39 is 6.10 Å². The molecule has 0 aliphatic carbocycles. The molecule has 4 nitrogen and oxygen atoms in total. The fraction of sp³-hybridized carbons (Fsp3) is 0.615. The lowest BCUT2D eigenvalue weighted by molar-refractivity contribution is 0.132. The summed E-state index contributed by atoms with van der Waals surface area (Å²) in [6.45, 7) is 8.73. The number of anilines is 2. The molecule has 0 fully saturated rings. The zero-order valence-corrected chi connectivity index (χ0v) is 11.1. The summed E-state index contributed by atoms with van der Waals surface area (Å²) >= 11 is 0. The van der Waals surface area contributed by atoms with Gasteiger partial charge in [0.1, 0.15) is 5.82 Å². The number of aliphatic hydroxyl groups excluding tert-OH is 1. The molecule has 0 amide bonds. The molecule has 1 aromatic heterocycles. The second kappa shape index (κ2) is 5.36. The van der Waals surface area contributed by atoms with Crippen molar-refractivity contribution >= 4 is 11.5 Å². The van der Waals surface area contributed by atoms with E-state index in [2.05, 4.69) is 31.1 Å². The summed E-state index contributed by atoms with van der Waals surface area (Å²) in [4.78, 5) is 4.20. The average Bonchev–Trinajstić information content (AvgIpc) is 2.13. The van der Waals surface area contributed by atoms with E-state index in [0.29, 0.717) is 18.1 Å². The summed E-state index contributed by atoms with van der Waals surface area (Å²) in [5, 5.41) is 12.9. The van der Waals surface area contributed by atoms with E-state index in [4.69, 9.17) is 5.73 Å². The molecule has 0 aromatic carbocycles. The molecule has 0 spiro atoms. The van der Waals surface area contributed by atoms with Gasteiger partial charge in [-0.1, -0.05) is 20.8 Å². The van der Waals surface area contributed by atoms with Crippen LogP contribution in [0.4, 0.5) is 11.5 Å². The van der Waals surface area contributed by atoms with Gasteiger partial charge >= 0.3 is 0 Å². The molecule has 96 valence electrons. The van der Waals surface area contributed by atoms with Crippen LogP contribution in [0.5, 0.6) is 0 Å². The quantitative estimate of drug-likeness (QED) is 0.750. The first-order chi connectivity index (χ1) is 7.78. The summed E-state index contributed by atoms with van der Waals surface area (Å²) in [7, 11) is 0. The number of nitrogens with one attached hydrogen (secondary N) is 1. The van der Waals surface area contributed by atoms with Crippen LogP contribution < -0.4 is 11.1 Å². The van der Waals surface area contributed by atoms with Gasteiger partial charge in [-0.25, -0.2) is 4.98 Å². The molecule has 1 heterocycles. The molecule has 4 N–H and O–H groups in total. The Bertz CT molecular complexity index is 371. The van der Waals surface area contributed by atoms with Crippen molar-refractivity contribution < 1.29 is 5.11 Å². The zero-order chi connectivity index (χ0) is 13.1. The number of hydrogen-bond donors (Lipinski definition) is 3. The van der Waals surface area contributed by atoms with Gasteiger partial charge in [0.05, 0.1) is 11.8 Å². The molecular formula is C13H23N3O. The van der Waals surface area contributed by atoms with Gasteiger partial charge in [-0.05, 0) is 30.4 Å². The number of nitrogens with two attached hydrogens (primary N) is 1. The van der Waals surface area contributed by atoms with Crippen molar-refractivity contribution in [3.63, 3.8) is 0 Å². The third kappa shape index (κ3) is 5.04. The average molecular weight is 237 g/mol. The van der Waals surface area contributed by atoms with Crippen LogP contribution in [0.2, 0.25) is 0 Å². The Morgan fingerprint density at radius 2 is 2.12 bits per heavy atom. The lowest BCUT2D eigenvalue weighted by Crippen LogP contribution is -2.25. The predicted molar refractivity (Wildman–Crippen MR) is 72.0 cm³/mol. The fourth-order valence-corrected chi connectivity index (χ4v) is 1.73. The number of aliphatic hydroxyl groups is 1. The number of aromatic nitrogens is 1. The number of nitrogens with zero attached hydrogens (tertiary/aromatic N) is 1. The third-order valence-corrected chi connectivity index (χ3v) is 2.41. The highest BCUT2D eigenvalue weighted by molar-refractivity contribution is 5.61. The number of rotatable bonds is 4. The first-order valence-electron chi connectivity index (χ1n) is 5.92.